The number of H-pyrrole nitrogens is 1. The largest absolute Gasteiger partial charge is 0.477 e. The van der Waals surface area contributed by atoms with E-state index in [4.69, 9.17) is 5.11 Å². The van der Waals surface area contributed by atoms with Crippen LogP contribution in [0.3, 0.4) is 0 Å². The third-order valence-electron chi connectivity index (χ3n) is 2.28. The van der Waals surface area contributed by atoms with Gasteiger partial charge in [0.25, 0.3) is 5.56 Å². The van der Waals surface area contributed by atoms with Gasteiger partial charge in [0, 0.05) is 9.86 Å². The Kier molecular flexibility index (Phi) is 2.55. The number of fused-ring (bicyclic) bond motifs is 1. The normalized spacial score (nSPS) is 10.6. The molecule has 0 aliphatic heterocycles. The second kappa shape index (κ2) is 3.75. The molecular formula is C11H8BrNO3. The van der Waals surface area contributed by atoms with Gasteiger partial charge in [-0.2, -0.15) is 0 Å². The molecule has 4 nitrogen and oxygen atoms in total. The zero-order valence-corrected chi connectivity index (χ0v) is 9.96. The second-order valence-corrected chi connectivity index (χ2v) is 4.38. The van der Waals surface area contributed by atoms with E-state index in [9.17, 15) is 9.59 Å². The predicted octanol–water partition coefficient (Wildman–Crippen LogP) is 2.30. The van der Waals surface area contributed by atoms with Crippen molar-refractivity contribution in [3.8, 4) is 0 Å². The summed E-state index contributed by atoms with van der Waals surface area (Å²) in [7, 11) is 0. The molecule has 0 saturated carbocycles. The zero-order valence-electron chi connectivity index (χ0n) is 8.37. The minimum absolute atomic E-state index is 0.245. The van der Waals surface area contributed by atoms with E-state index in [1.54, 1.807) is 0 Å². The molecule has 0 aliphatic carbocycles. The van der Waals surface area contributed by atoms with Crippen LogP contribution in [0.15, 0.2) is 27.5 Å². The van der Waals surface area contributed by atoms with E-state index in [1.165, 1.54) is 6.07 Å². The summed E-state index contributed by atoms with van der Waals surface area (Å²) in [5.74, 6) is -1.22. The van der Waals surface area contributed by atoms with Crippen LogP contribution in [0.2, 0.25) is 0 Å². The van der Waals surface area contributed by atoms with Crippen molar-refractivity contribution in [1.29, 1.82) is 0 Å². The van der Waals surface area contributed by atoms with Crippen molar-refractivity contribution in [2.75, 3.05) is 0 Å². The molecule has 2 rings (SSSR count). The number of aromatic nitrogens is 1. The van der Waals surface area contributed by atoms with Gasteiger partial charge in [0.15, 0.2) is 0 Å². The molecule has 0 aliphatic rings. The fourth-order valence-corrected chi connectivity index (χ4v) is 2.26. The Morgan fingerprint density at radius 2 is 2.06 bits per heavy atom. The monoisotopic (exact) mass is 281 g/mol. The van der Waals surface area contributed by atoms with Crippen LogP contribution in [0, 0.1) is 6.92 Å². The molecule has 1 heterocycles. The van der Waals surface area contributed by atoms with Crippen LogP contribution in [0.4, 0.5) is 0 Å². The van der Waals surface area contributed by atoms with Crippen LogP contribution in [0.5, 0.6) is 0 Å². The highest BCUT2D eigenvalue weighted by Gasteiger charge is 2.11. The summed E-state index contributed by atoms with van der Waals surface area (Å²) in [6.07, 6.45) is 0. The molecule has 0 radical (unpaired) electrons. The second-order valence-electron chi connectivity index (χ2n) is 3.53. The fraction of sp³-hybridized carbons (Fsp3) is 0.0909. The Bertz CT molecular complexity index is 645. The predicted molar refractivity (Wildman–Crippen MR) is 64.0 cm³/mol. The summed E-state index contributed by atoms with van der Waals surface area (Å²) in [6.45, 7) is 1.90. The molecule has 0 bridgehead atoms. The maximum atomic E-state index is 11.5. The standard InChI is InChI=1S/C11H8BrNO3/c1-5-2-6-4-7(11(15)16)10(14)13-9(6)8(12)3-5/h2-4H,1H3,(H,13,14)(H,15,16). The average Bonchev–Trinajstić information content (AvgIpc) is 2.18. The first-order valence-electron chi connectivity index (χ1n) is 4.55. The van der Waals surface area contributed by atoms with Crippen LogP contribution in [0.1, 0.15) is 15.9 Å². The number of benzene rings is 1. The first kappa shape index (κ1) is 10.9. The fourth-order valence-electron chi connectivity index (χ4n) is 1.58. The number of rotatable bonds is 1. The van der Waals surface area contributed by atoms with Crippen LogP contribution >= 0.6 is 15.9 Å². The number of carboxylic acid groups (broad SMARTS) is 1. The number of aromatic carboxylic acids is 1. The molecule has 0 fully saturated rings. The molecule has 1 aromatic heterocycles. The molecule has 0 spiro atoms. The highest BCUT2D eigenvalue weighted by molar-refractivity contribution is 9.10. The van der Waals surface area contributed by atoms with E-state index >= 15 is 0 Å². The lowest BCUT2D eigenvalue weighted by molar-refractivity contribution is 0.0695. The Hall–Kier alpha value is -1.62. The van der Waals surface area contributed by atoms with Gasteiger partial charge in [0.05, 0.1) is 5.52 Å². The molecule has 2 aromatic rings. The van der Waals surface area contributed by atoms with Gasteiger partial charge < -0.3 is 10.1 Å². The smallest absolute Gasteiger partial charge is 0.341 e. The highest BCUT2D eigenvalue weighted by Crippen LogP contribution is 2.23. The van der Waals surface area contributed by atoms with Crippen LogP contribution in [-0.2, 0) is 0 Å². The van der Waals surface area contributed by atoms with E-state index in [0.29, 0.717) is 10.9 Å². The topological polar surface area (TPSA) is 70.2 Å². The number of hydrogen-bond acceptors (Lipinski definition) is 2. The van der Waals surface area contributed by atoms with Gasteiger partial charge in [-0.15, -0.1) is 0 Å². The van der Waals surface area contributed by atoms with Crippen LogP contribution in [-0.4, -0.2) is 16.1 Å². The van der Waals surface area contributed by atoms with Crippen molar-refractivity contribution in [3.63, 3.8) is 0 Å². The lowest BCUT2D eigenvalue weighted by Gasteiger charge is -2.03. The lowest BCUT2D eigenvalue weighted by atomic mass is 10.1. The summed E-state index contributed by atoms with van der Waals surface area (Å²) >= 11 is 3.33. The van der Waals surface area contributed by atoms with Gasteiger partial charge in [-0.25, -0.2) is 4.79 Å². The van der Waals surface area contributed by atoms with Crippen molar-refractivity contribution < 1.29 is 9.90 Å². The third-order valence-corrected chi connectivity index (χ3v) is 2.90. The molecule has 0 atom stereocenters. The molecule has 2 N–H and O–H groups in total. The summed E-state index contributed by atoms with van der Waals surface area (Å²) in [5, 5.41) is 9.53. The van der Waals surface area contributed by atoms with Gasteiger partial charge in [0.2, 0.25) is 0 Å². The summed E-state index contributed by atoms with van der Waals surface area (Å²) in [5.41, 5.74) is 0.762. The summed E-state index contributed by atoms with van der Waals surface area (Å²) in [6, 6.07) is 5.06. The first-order chi connectivity index (χ1) is 7.49. The number of aryl methyl sites for hydroxylation is 1. The average molecular weight is 282 g/mol. The molecule has 0 saturated heterocycles. The molecule has 0 unspecified atom stereocenters. The van der Waals surface area contributed by atoms with Gasteiger partial charge in [0.1, 0.15) is 5.56 Å². The van der Waals surface area contributed by atoms with Gasteiger partial charge in [-0.1, -0.05) is 0 Å². The molecule has 82 valence electrons. The van der Waals surface area contributed by atoms with Crippen LogP contribution in [0.25, 0.3) is 10.9 Å². The number of hydrogen-bond donors (Lipinski definition) is 2. The minimum atomic E-state index is -1.22. The Morgan fingerprint density at radius 1 is 1.38 bits per heavy atom. The Morgan fingerprint density at radius 3 is 2.69 bits per heavy atom. The van der Waals surface area contributed by atoms with Gasteiger partial charge in [-0.3, -0.25) is 4.79 Å². The lowest BCUT2D eigenvalue weighted by Crippen LogP contribution is -2.17. The summed E-state index contributed by atoms with van der Waals surface area (Å²) in [4.78, 5) is 24.8. The number of aromatic amines is 1. The summed E-state index contributed by atoms with van der Waals surface area (Å²) < 4.78 is 0.747. The van der Waals surface area contributed by atoms with E-state index in [2.05, 4.69) is 20.9 Å². The highest BCUT2D eigenvalue weighted by atomic mass is 79.9. The molecular weight excluding hydrogens is 274 g/mol. The third kappa shape index (κ3) is 1.74. The molecule has 16 heavy (non-hydrogen) atoms. The quantitative estimate of drug-likeness (QED) is 0.843. The Balaban J connectivity index is 2.90. The van der Waals surface area contributed by atoms with Gasteiger partial charge >= 0.3 is 5.97 Å². The van der Waals surface area contributed by atoms with E-state index < -0.39 is 11.5 Å². The van der Waals surface area contributed by atoms with Gasteiger partial charge in [-0.05, 0) is 46.6 Å². The number of pyridine rings is 1. The van der Waals surface area contributed by atoms with Crippen molar-refractivity contribution in [2.24, 2.45) is 0 Å². The van der Waals surface area contributed by atoms with Crippen molar-refractivity contribution in [3.05, 3.63) is 44.2 Å². The van der Waals surface area contributed by atoms with Crippen molar-refractivity contribution in [2.45, 2.75) is 6.92 Å². The van der Waals surface area contributed by atoms with Crippen molar-refractivity contribution >= 4 is 32.8 Å². The SMILES string of the molecule is Cc1cc(Br)c2[nH]c(=O)c(C(=O)O)cc2c1. The molecule has 1 aromatic carbocycles. The first-order valence-corrected chi connectivity index (χ1v) is 5.35. The number of halogens is 1. The number of nitrogens with one attached hydrogen (secondary N) is 1. The molecule has 5 heteroatoms. The zero-order chi connectivity index (χ0) is 11.9. The maximum absolute atomic E-state index is 11.5. The van der Waals surface area contributed by atoms with Crippen LogP contribution < -0.4 is 5.56 Å². The number of carboxylic acids is 1. The Labute approximate surface area is 99.0 Å². The van der Waals surface area contributed by atoms with E-state index in [1.807, 2.05) is 19.1 Å². The minimum Gasteiger partial charge on any atom is -0.477 e. The molecule has 0 amide bonds. The van der Waals surface area contributed by atoms with Crippen molar-refractivity contribution in [1.82, 2.24) is 4.98 Å². The van der Waals surface area contributed by atoms with E-state index in [-0.39, 0.29) is 5.56 Å². The number of carbonyl (C=O) groups is 1. The maximum Gasteiger partial charge on any atom is 0.341 e. The van der Waals surface area contributed by atoms with E-state index in [0.717, 1.165) is 10.0 Å².